The summed E-state index contributed by atoms with van der Waals surface area (Å²) in [6, 6.07) is 17.6. The average molecular weight is 242 g/mol. The minimum absolute atomic E-state index is 0.393. The Bertz CT molecular complexity index is 522. The van der Waals surface area contributed by atoms with Crippen LogP contribution in [0.15, 0.2) is 54.6 Å². The van der Waals surface area contributed by atoms with Crippen molar-refractivity contribution < 1.29 is 6.15 Å². The van der Waals surface area contributed by atoms with Crippen LogP contribution in [0.25, 0.3) is 0 Å². The van der Waals surface area contributed by atoms with Crippen molar-refractivity contribution in [2.24, 2.45) is 0 Å². The Morgan fingerprint density at radius 1 is 1.00 bits per heavy atom. The molecule has 0 saturated carbocycles. The molecule has 0 saturated heterocycles. The molecule has 94 valence electrons. The van der Waals surface area contributed by atoms with Crippen LogP contribution in [0.4, 0.5) is 5.69 Å². The highest BCUT2D eigenvalue weighted by molar-refractivity contribution is 5.49. The van der Waals surface area contributed by atoms with Crippen LogP contribution < -0.4 is 10.0 Å². The highest BCUT2D eigenvalue weighted by Crippen LogP contribution is 2.26. The number of anilines is 1. The Hall–Kier alpha value is -1.96. The molecule has 1 N–H and O–H groups in total. The van der Waals surface area contributed by atoms with Gasteiger partial charge in [0.2, 0.25) is 0 Å². The molecule has 0 unspecified atom stereocenters. The zero-order chi connectivity index (χ0) is 13.9. The first kappa shape index (κ1) is 11.1. The largest absolute Gasteiger partial charge is 0.497 e. The fraction of sp³-hybridized carbons (Fsp3) is 0.250. The van der Waals surface area contributed by atoms with Crippen LogP contribution in [-0.2, 0) is 5.54 Å². The summed E-state index contributed by atoms with van der Waals surface area (Å²) in [4.78, 5) is 0. The molecular weight excluding hydrogens is 222 g/mol. The smallest absolute Gasteiger partial charge is 0.161 e. The highest BCUT2D eigenvalue weighted by Gasteiger charge is 2.19. The fourth-order valence-electron chi connectivity index (χ4n) is 1.89. The van der Waals surface area contributed by atoms with Gasteiger partial charge < -0.3 is 10.0 Å². The van der Waals surface area contributed by atoms with Crippen LogP contribution in [0.2, 0.25) is 1.41 Å². The number of benzene rings is 2. The predicted molar refractivity (Wildman–Crippen MR) is 76.1 cm³/mol. The second-order valence-corrected chi connectivity index (χ2v) is 4.73. The lowest BCUT2D eigenvalue weighted by Crippen LogP contribution is -2.27. The van der Waals surface area contributed by atoms with E-state index in [1.807, 2.05) is 68.4 Å². The van der Waals surface area contributed by atoms with Crippen molar-refractivity contribution in [1.29, 1.82) is 0 Å². The minimum atomic E-state index is -0.393. The first-order chi connectivity index (χ1) is 9.05. The van der Waals surface area contributed by atoms with E-state index in [2.05, 4.69) is 0 Å². The lowest BCUT2D eigenvalue weighted by Gasteiger charge is -2.28. The third kappa shape index (κ3) is 2.83. The summed E-state index contributed by atoms with van der Waals surface area (Å²) in [5.41, 5.74) is 1.56. The lowest BCUT2D eigenvalue weighted by molar-refractivity contribution is 0.415. The molecule has 0 aliphatic rings. The Morgan fingerprint density at radius 2 is 1.61 bits per heavy atom. The molecule has 0 bridgehead atoms. The molecule has 18 heavy (non-hydrogen) atoms. The molecule has 0 fully saturated rings. The molecule has 0 atom stereocenters. The van der Waals surface area contributed by atoms with Crippen molar-refractivity contribution >= 4 is 5.69 Å². The number of rotatable bonds is 4. The average Bonchev–Trinajstić information content (AvgIpc) is 2.47. The second-order valence-electron chi connectivity index (χ2n) is 4.73. The number of ether oxygens (including phenoxy) is 1. The van der Waals surface area contributed by atoms with Crippen molar-refractivity contribution in [2.45, 2.75) is 19.4 Å². The van der Waals surface area contributed by atoms with Crippen LogP contribution in [-0.4, -0.2) is 7.11 Å². The first-order valence-corrected chi connectivity index (χ1v) is 6.04. The van der Waals surface area contributed by atoms with Crippen LogP contribution in [0.5, 0.6) is 5.75 Å². The molecule has 2 rings (SSSR count). The van der Waals surface area contributed by atoms with Gasteiger partial charge in [-0.3, -0.25) is 0 Å². The minimum Gasteiger partial charge on any atom is -0.497 e. The Morgan fingerprint density at radius 3 is 2.17 bits per heavy atom. The molecule has 0 aliphatic heterocycles. The number of hydrogen-bond acceptors (Lipinski definition) is 2. The molecule has 0 aromatic heterocycles. The van der Waals surface area contributed by atoms with E-state index in [1.54, 1.807) is 7.11 Å². The van der Waals surface area contributed by atoms with Crippen molar-refractivity contribution in [2.75, 3.05) is 12.4 Å². The van der Waals surface area contributed by atoms with E-state index in [0.717, 1.165) is 17.0 Å². The summed E-state index contributed by atoms with van der Waals surface area (Å²) in [6.45, 7) is 4.08. The maximum atomic E-state index is 8.37. The molecule has 0 aliphatic carbocycles. The third-order valence-electron chi connectivity index (χ3n) is 2.96. The predicted octanol–water partition coefficient (Wildman–Crippen LogP) is 4.04. The van der Waals surface area contributed by atoms with E-state index in [1.165, 1.54) is 5.31 Å². The molecular formula is C16H19NO. The number of hydrogen-bond donors (Lipinski definition) is 1. The third-order valence-corrected chi connectivity index (χ3v) is 2.96. The van der Waals surface area contributed by atoms with Crippen molar-refractivity contribution in [3.8, 4) is 5.75 Å². The first-order valence-electron chi connectivity index (χ1n) is 6.49. The summed E-state index contributed by atoms with van der Waals surface area (Å²) >= 11 is 0. The quantitative estimate of drug-likeness (QED) is 0.873. The summed E-state index contributed by atoms with van der Waals surface area (Å²) in [5.74, 6) is 0.801. The van der Waals surface area contributed by atoms with Crippen molar-refractivity contribution in [3.63, 3.8) is 0 Å². The van der Waals surface area contributed by atoms with E-state index in [-0.39, 0.29) is 0 Å². The van der Waals surface area contributed by atoms with Gasteiger partial charge in [-0.1, -0.05) is 30.3 Å². The maximum absolute atomic E-state index is 8.37. The monoisotopic (exact) mass is 242 g/mol. The standard InChI is InChI=1S/C16H19NO/c1-16(2,13-7-5-4-6-8-13)17-14-9-11-15(18-3)12-10-14/h4-12,17H,1-3H3/i/hD. The molecule has 0 radical (unpaired) electrons. The lowest BCUT2D eigenvalue weighted by atomic mass is 9.94. The van der Waals surface area contributed by atoms with E-state index < -0.39 is 5.54 Å². The van der Waals surface area contributed by atoms with E-state index in [9.17, 15) is 0 Å². The highest BCUT2D eigenvalue weighted by atomic mass is 16.5. The number of nitrogens with one attached hydrogen (secondary N) is 1. The summed E-state index contributed by atoms with van der Waals surface area (Å²) in [7, 11) is 1.64. The fourth-order valence-corrected chi connectivity index (χ4v) is 1.89. The van der Waals surface area contributed by atoms with Crippen molar-refractivity contribution in [1.82, 2.24) is 0 Å². The summed E-state index contributed by atoms with van der Waals surface area (Å²) in [6.07, 6.45) is 0. The van der Waals surface area contributed by atoms with Crippen LogP contribution >= 0.6 is 0 Å². The van der Waals surface area contributed by atoms with Gasteiger partial charge in [0.15, 0.2) is 1.41 Å². The summed E-state index contributed by atoms with van der Waals surface area (Å²) < 4.78 is 13.5. The zero-order valence-electron chi connectivity index (χ0n) is 12.1. The second kappa shape index (κ2) is 5.13. The molecule has 0 spiro atoms. The SMILES string of the molecule is [2H]N(c1ccc(OC)cc1)C(C)(C)c1ccccc1. The summed E-state index contributed by atoms with van der Waals surface area (Å²) in [5, 5.41) is 1.53. The Balaban J connectivity index is 2.29. The van der Waals surface area contributed by atoms with Crippen LogP contribution in [0, 0.1) is 0 Å². The zero-order valence-corrected chi connectivity index (χ0v) is 11.1. The van der Waals surface area contributed by atoms with Gasteiger partial charge in [0.25, 0.3) is 0 Å². The van der Waals surface area contributed by atoms with Crippen LogP contribution in [0.3, 0.4) is 0 Å². The number of methoxy groups -OCH3 is 1. The Labute approximate surface area is 110 Å². The van der Waals surface area contributed by atoms with Crippen LogP contribution in [0.1, 0.15) is 19.4 Å². The van der Waals surface area contributed by atoms with E-state index in [4.69, 9.17) is 6.15 Å². The molecule has 2 aromatic carbocycles. The van der Waals surface area contributed by atoms with Gasteiger partial charge in [-0.25, -0.2) is 0 Å². The van der Waals surface area contributed by atoms with Gasteiger partial charge in [-0.15, -0.1) is 0 Å². The van der Waals surface area contributed by atoms with Gasteiger partial charge in [-0.05, 0) is 43.7 Å². The van der Waals surface area contributed by atoms with E-state index >= 15 is 0 Å². The molecule has 2 aromatic rings. The van der Waals surface area contributed by atoms with Gasteiger partial charge in [0.1, 0.15) is 5.75 Å². The molecule has 0 heterocycles. The Kier molecular flexibility index (Phi) is 3.18. The topological polar surface area (TPSA) is 21.3 Å². The van der Waals surface area contributed by atoms with Gasteiger partial charge in [0.05, 0.1) is 12.6 Å². The normalized spacial score (nSPS) is 11.8. The molecule has 0 amide bonds. The van der Waals surface area contributed by atoms with Crippen molar-refractivity contribution in [3.05, 3.63) is 60.2 Å². The molecule has 2 heteroatoms. The molecule has 2 nitrogen and oxygen atoms in total. The van der Waals surface area contributed by atoms with Gasteiger partial charge in [0, 0.05) is 5.69 Å². The maximum Gasteiger partial charge on any atom is 0.161 e. The van der Waals surface area contributed by atoms with Gasteiger partial charge in [-0.2, -0.15) is 0 Å². The van der Waals surface area contributed by atoms with Gasteiger partial charge >= 0.3 is 0 Å². The van der Waals surface area contributed by atoms with E-state index in [0.29, 0.717) is 0 Å².